The molecule has 0 unspecified atom stereocenters. The van der Waals surface area contributed by atoms with Gasteiger partial charge in [0, 0.05) is 0 Å². The molecule has 2 N–H and O–H groups in total. The molecule has 18 heavy (non-hydrogen) atoms. The minimum atomic E-state index is -0.987. The van der Waals surface area contributed by atoms with E-state index in [2.05, 4.69) is 5.32 Å². The maximum atomic E-state index is 13.8. The van der Waals surface area contributed by atoms with Crippen molar-refractivity contribution in [3.05, 3.63) is 34.6 Å². The summed E-state index contributed by atoms with van der Waals surface area (Å²) in [4.78, 5) is 11.0. The van der Waals surface area contributed by atoms with Crippen LogP contribution in [0.4, 0.5) is 4.39 Å². The van der Waals surface area contributed by atoms with Gasteiger partial charge in [-0.3, -0.25) is 0 Å². The summed E-state index contributed by atoms with van der Waals surface area (Å²) in [6, 6.07) is 2.83. The second-order valence-corrected chi connectivity index (χ2v) is 4.96. The van der Waals surface area contributed by atoms with Gasteiger partial charge in [0.05, 0.1) is 5.56 Å². The Balaban J connectivity index is 2.21. The van der Waals surface area contributed by atoms with E-state index >= 15 is 0 Å². The van der Waals surface area contributed by atoms with E-state index in [0.717, 1.165) is 25.9 Å². The number of benzene rings is 1. The first-order valence-corrected chi connectivity index (χ1v) is 6.31. The lowest BCUT2D eigenvalue weighted by Gasteiger charge is -2.23. The molecule has 0 aromatic heterocycles. The van der Waals surface area contributed by atoms with Crippen LogP contribution in [-0.4, -0.2) is 24.2 Å². The summed E-state index contributed by atoms with van der Waals surface area (Å²) >= 11 is 0. The Morgan fingerprint density at radius 1 is 1.44 bits per heavy atom. The number of aryl methyl sites for hydroxylation is 1. The van der Waals surface area contributed by atoms with Crippen molar-refractivity contribution in [2.24, 2.45) is 5.92 Å². The minimum absolute atomic E-state index is 0.209. The van der Waals surface area contributed by atoms with Gasteiger partial charge in [0.25, 0.3) is 0 Å². The van der Waals surface area contributed by atoms with E-state index in [-0.39, 0.29) is 11.4 Å². The smallest absolute Gasteiger partial charge is 0.335 e. The van der Waals surface area contributed by atoms with Crippen molar-refractivity contribution in [2.75, 3.05) is 13.1 Å². The predicted molar refractivity (Wildman–Crippen MR) is 67.4 cm³/mol. The van der Waals surface area contributed by atoms with Crippen molar-refractivity contribution in [1.82, 2.24) is 5.32 Å². The topological polar surface area (TPSA) is 49.3 Å². The fourth-order valence-corrected chi connectivity index (χ4v) is 2.50. The predicted octanol–water partition coefficient (Wildman–Crippen LogP) is 2.37. The van der Waals surface area contributed by atoms with E-state index in [1.165, 1.54) is 12.1 Å². The van der Waals surface area contributed by atoms with Crippen LogP contribution in [0.15, 0.2) is 12.1 Å². The summed E-state index contributed by atoms with van der Waals surface area (Å²) in [6.07, 6.45) is 2.68. The highest BCUT2D eigenvalue weighted by Crippen LogP contribution is 2.22. The number of carboxylic acids is 1. The second kappa shape index (κ2) is 5.48. The number of piperidine rings is 1. The van der Waals surface area contributed by atoms with Crippen molar-refractivity contribution >= 4 is 5.97 Å². The molecule has 0 bridgehead atoms. The number of carboxylic acid groups (broad SMARTS) is 1. The number of nitrogens with one attached hydrogen (secondary N) is 1. The number of carbonyl (C=O) groups is 1. The number of aromatic carboxylic acids is 1. The average Bonchev–Trinajstić information content (AvgIpc) is 2.33. The van der Waals surface area contributed by atoms with Gasteiger partial charge in [-0.1, -0.05) is 0 Å². The maximum Gasteiger partial charge on any atom is 0.335 e. The zero-order valence-corrected chi connectivity index (χ0v) is 10.5. The number of rotatable bonds is 3. The van der Waals surface area contributed by atoms with Crippen LogP contribution in [-0.2, 0) is 6.42 Å². The first-order valence-electron chi connectivity index (χ1n) is 6.31. The Hall–Kier alpha value is -1.42. The van der Waals surface area contributed by atoms with Gasteiger partial charge in [0.2, 0.25) is 0 Å². The van der Waals surface area contributed by atoms with Gasteiger partial charge in [-0.25, -0.2) is 9.18 Å². The Kier molecular flexibility index (Phi) is 3.97. The van der Waals surface area contributed by atoms with Crippen molar-refractivity contribution in [3.8, 4) is 0 Å². The van der Waals surface area contributed by atoms with E-state index in [0.29, 0.717) is 23.5 Å². The molecule has 0 saturated carbocycles. The van der Waals surface area contributed by atoms with Gasteiger partial charge in [0.15, 0.2) is 0 Å². The molecule has 1 aromatic carbocycles. The molecule has 0 radical (unpaired) electrons. The first-order chi connectivity index (χ1) is 8.58. The van der Waals surface area contributed by atoms with Gasteiger partial charge in [-0.05, 0) is 68.5 Å². The van der Waals surface area contributed by atoms with E-state index < -0.39 is 5.97 Å². The van der Waals surface area contributed by atoms with E-state index in [9.17, 15) is 9.18 Å². The molecule has 1 aromatic rings. The van der Waals surface area contributed by atoms with Gasteiger partial charge < -0.3 is 10.4 Å². The number of hydrogen-bond donors (Lipinski definition) is 2. The third kappa shape index (κ3) is 2.88. The lowest BCUT2D eigenvalue weighted by molar-refractivity contribution is 0.0696. The number of hydrogen-bond acceptors (Lipinski definition) is 2. The molecule has 0 amide bonds. The fourth-order valence-electron chi connectivity index (χ4n) is 2.50. The van der Waals surface area contributed by atoms with Crippen LogP contribution in [0.3, 0.4) is 0 Å². The molecule has 3 nitrogen and oxygen atoms in total. The Bertz CT molecular complexity index is 453. The van der Waals surface area contributed by atoms with Gasteiger partial charge >= 0.3 is 5.97 Å². The quantitative estimate of drug-likeness (QED) is 0.867. The SMILES string of the molecule is Cc1cc(F)c(CC2CCNCC2)cc1C(=O)O. The summed E-state index contributed by atoms with van der Waals surface area (Å²) in [5.74, 6) is -0.819. The van der Waals surface area contributed by atoms with Crippen molar-refractivity contribution < 1.29 is 14.3 Å². The maximum absolute atomic E-state index is 13.8. The highest BCUT2D eigenvalue weighted by Gasteiger charge is 2.18. The second-order valence-electron chi connectivity index (χ2n) is 4.96. The molecule has 1 saturated heterocycles. The molecule has 1 aliphatic heterocycles. The minimum Gasteiger partial charge on any atom is -0.478 e. The van der Waals surface area contributed by atoms with Gasteiger partial charge in [0.1, 0.15) is 5.82 Å². The van der Waals surface area contributed by atoms with Crippen LogP contribution in [0.2, 0.25) is 0 Å². The van der Waals surface area contributed by atoms with Crippen LogP contribution in [0.25, 0.3) is 0 Å². The molecule has 98 valence electrons. The van der Waals surface area contributed by atoms with Gasteiger partial charge in [-0.15, -0.1) is 0 Å². The van der Waals surface area contributed by atoms with Crippen molar-refractivity contribution in [3.63, 3.8) is 0 Å². The Morgan fingerprint density at radius 3 is 2.72 bits per heavy atom. The summed E-state index contributed by atoms with van der Waals surface area (Å²) in [5, 5.41) is 12.3. The molecule has 0 atom stereocenters. The summed E-state index contributed by atoms with van der Waals surface area (Å²) < 4.78 is 13.8. The monoisotopic (exact) mass is 251 g/mol. The zero-order valence-electron chi connectivity index (χ0n) is 10.5. The Morgan fingerprint density at radius 2 is 2.11 bits per heavy atom. The summed E-state index contributed by atoms with van der Waals surface area (Å²) in [7, 11) is 0. The molecule has 1 fully saturated rings. The van der Waals surface area contributed by atoms with Crippen LogP contribution in [0.5, 0.6) is 0 Å². The molecule has 0 spiro atoms. The molecule has 1 aliphatic rings. The van der Waals surface area contributed by atoms with E-state index in [1.54, 1.807) is 6.92 Å². The largest absolute Gasteiger partial charge is 0.478 e. The summed E-state index contributed by atoms with van der Waals surface area (Å²) in [6.45, 7) is 3.55. The normalized spacial score (nSPS) is 16.8. The number of halogens is 1. The van der Waals surface area contributed by atoms with Crippen molar-refractivity contribution in [2.45, 2.75) is 26.2 Å². The van der Waals surface area contributed by atoms with E-state index in [4.69, 9.17) is 5.11 Å². The highest BCUT2D eigenvalue weighted by molar-refractivity contribution is 5.89. The van der Waals surface area contributed by atoms with Crippen molar-refractivity contribution in [1.29, 1.82) is 0 Å². The van der Waals surface area contributed by atoms with Crippen LogP contribution in [0.1, 0.15) is 34.3 Å². The average molecular weight is 251 g/mol. The van der Waals surface area contributed by atoms with Crippen LogP contribution < -0.4 is 5.32 Å². The molecule has 2 rings (SSSR count). The molecule has 0 aliphatic carbocycles. The fraction of sp³-hybridized carbons (Fsp3) is 0.500. The first kappa shape index (κ1) is 13.0. The highest BCUT2D eigenvalue weighted by atomic mass is 19.1. The molecular weight excluding hydrogens is 233 g/mol. The third-order valence-corrected chi connectivity index (χ3v) is 3.59. The standard InChI is InChI=1S/C14H18FNO2/c1-9-6-13(15)11(8-12(9)14(17)18)7-10-2-4-16-5-3-10/h6,8,10,16H,2-5,7H2,1H3,(H,17,18). The molecule has 4 heteroatoms. The molecule has 1 heterocycles. The summed E-state index contributed by atoms with van der Waals surface area (Å²) in [5.41, 5.74) is 1.22. The Labute approximate surface area is 106 Å². The third-order valence-electron chi connectivity index (χ3n) is 3.59. The van der Waals surface area contributed by atoms with Crippen LogP contribution >= 0.6 is 0 Å². The molecular formula is C14H18FNO2. The lowest BCUT2D eigenvalue weighted by atomic mass is 9.89. The zero-order chi connectivity index (χ0) is 13.1. The van der Waals surface area contributed by atoms with E-state index in [1.807, 2.05) is 0 Å². The van der Waals surface area contributed by atoms with Crippen LogP contribution in [0, 0.1) is 18.7 Å². The van der Waals surface area contributed by atoms with Gasteiger partial charge in [-0.2, -0.15) is 0 Å². The lowest BCUT2D eigenvalue weighted by Crippen LogP contribution is -2.28.